The number of nitrogens with one attached hydrogen (secondary N) is 1. The SMILES string of the molecule is O=C(O)C1CCC(NC(=O)N2CCc3ccccc3[C@@H]2c2ccccc2)CC1. The lowest BCUT2D eigenvalue weighted by molar-refractivity contribution is -0.142. The second-order valence-corrected chi connectivity index (χ2v) is 7.79. The van der Waals surface area contributed by atoms with Crippen molar-refractivity contribution in [1.82, 2.24) is 10.2 Å². The summed E-state index contributed by atoms with van der Waals surface area (Å²) in [6.07, 6.45) is 3.56. The number of carbonyl (C=O) groups is 2. The van der Waals surface area contributed by atoms with Crippen LogP contribution < -0.4 is 5.32 Å². The number of carboxylic acids is 1. The summed E-state index contributed by atoms with van der Waals surface area (Å²) in [6, 6.07) is 18.4. The predicted octanol–water partition coefficient (Wildman–Crippen LogP) is 3.99. The third-order valence-electron chi connectivity index (χ3n) is 6.06. The van der Waals surface area contributed by atoms with Crippen molar-refractivity contribution in [2.24, 2.45) is 5.92 Å². The Morgan fingerprint density at radius 1 is 0.929 bits per heavy atom. The molecule has 1 atom stereocenters. The maximum atomic E-state index is 13.2. The summed E-state index contributed by atoms with van der Waals surface area (Å²) < 4.78 is 0. The van der Waals surface area contributed by atoms with E-state index in [1.54, 1.807) is 0 Å². The standard InChI is InChI=1S/C23H26N2O3/c26-22(27)18-10-12-19(13-11-18)24-23(28)25-15-14-16-6-4-5-9-20(16)21(25)17-7-2-1-3-8-17/h1-9,18-19,21H,10-15H2,(H,24,28)(H,26,27)/t18?,19?,21-/m0/s1. The van der Waals surface area contributed by atoms with E-state index in [4.69, 9.17) is 5.11 Å². The summed E-state index contributed by atoms with van der Waals surface area (Å²) in [4.78, 5) is 26.3. The lowest BCUT2D eigenvalue weighted by atomic mass is 9.86. The van der Waals surface area contributed by atoms with E-state index in [9.17, 15) is 9.59 Å². The predicted molar refractivity (Wildman–Crippen MR) is 107 cm³/mol. The Balaban J connectivity index is 1.53. The molecule has 0 saturated heterocycles. The number of urea groups is 1. The minimum absolute atomic E-state index is 0.0525. The number of carbonyl (C=O) groups excluding carboxylic acids is 1. The van der Waals surface area contributed by atoms with Gasteiger partial charge in [-0.25, -0.2) is 4.79 Å². The number of fused-ring (bicyclic) bond motifs is 1. The average molecular weight is 378 g/mol. The molecule has 0 bridgehead atoms. The fraction of sp³-hybridized carbons (Fsp3) is 0.391. The summed E-state index contributed by atoms with van der Waals surface area (Å²) >= 11 is 0. The molecule has 2 aromatic rings. The van der Waals surface area contributed by atoms with Gasteiger partial charge in [-0.2, -0.15) is 0 Å². The summed E-state index contributed by atoms with van der Waals surface area (Å²) in [5.41, 5.74) is 3.59. The van der Waals surface area contributed by atoms with Crippen molar-refractivity contribution in [1.29, 1.82) is 0 Å². The van der Waals surface area contributed by atoms with Crippen LogP contribution in [0.4, 0.5) is 4.79 Å². The molecule has 5 nitrogen and oxygen atoms in total. The van der Waals surface area contributed by atoms with Gasteiger partial charge in [0, 0.05) is 12.6 Å². The molecule has 1 heterocycles. The van der Waals surface area contributed by atoms with Crippen LogP contribution in [0.1, 0.15) is 48.4 Å². The largest absolute Gasteiger partial charge is 0.481 e. The normalized spacial score (nSPS) is 24.3. The van der Waals surface area contributed by atoms with E-state index in [1.807, 2.05) is 29.2 Å². The van der Waals surface area contributed by atoms with Crippen LogP contribution in [-0.4, -0.2) is 34.6 Å². The van der Waals surface area contributed by atoms with E-state index in [-0.39, 0.29) is 24.0 Å². The highest BCUT2D eigenvalue weighted by Crippen LogP contribution is 2.35. The third-order valence-corrected chi connectivity index (χ3v) is 6.06. The molecule has 0 radical (unpaired) electrons. The fourth-order valence-electron chi connectivity index (χ4n) is 4.52. The molecule has 2 amide bonds. The first kappa shape index (κ1) is 18.5. The number of amides is 2. The van der Waals surface area contributed by atoms with Gasteiger partial charge in [0.1, 0.15) is 0 Å². The molecule has 1 aliphatic heterocycles. The van der Waals surface area contributed by atoms with Gasteiger partial charge in [-0.1, -0.05) is 54.6 Å². The lowest BCUT2D eigenvalue weighted by Crippen LogP contribution is -2.50. The molecule has 146 valence electrons. The molecule has 2 N–H and O–H groups in total. The first-order chi connectivity index (χ1) is 13.6. The van der Waals surface area contributed by atoms with E-state index in [2.05, 4.69) is 35.6 Å². The molecule has 1 fully saturated rings. The molecule has 5 heteroatoms. The zero-order valence-electron chi connectivity index (χ0n) is 15.9. The van der Waals surface area contributed by atoms with Gasteiger partial charge in [-0.3, -0.25) is 4.79 Å². The summed E-state index contributed by atoms with van der Waals surface area (Å²) in [6.45, 7) is 0.673. The summed E-state index contributed by atoms with van der Waals surface area (Å²) in [5.74, 6) is -0.992. The van der Waals surface area contributed by atoms with Gasteiger partial charge in [0.05, 0.1) is 12.0 Å². The molecule has 1 aliphatic carbocycles. The van der Waals surface area contributed by atoms with Gasteiger partial charge in [0.15, 0.2) is 0 Å². The van der Waals surface area contributed by atoms with Crippen molar-refractivity contribution < 1.29 is 14.7 Å². The second-order valence-electron chi connectivity index (χ2n) is 7.79. The molecule has 28 heavy (non-hydrogen) atoms. The number of carboxylic acid groups (broad SMARTS) is 1. The number of aliphatic carboxylic acids is 1. The van der Waals surface area contributed by atoms with Crippen LogP contribution >= 0.6 is 0 Å². The average Bonchev–Trinajstić information content (AvgIpc) is 2.74. The molecule has 4 rings (SSSR count). The summed E-state index contributed by atoms with van der Waals surface area (Å²) in [5, 5.41) is 12.3. The van der Waals surface area contributed by atoms with E-state index < -0.39 is 5.97 Å². The van der Waals surface area contributed by atoms with Gasteiger partial charge in [-0.05, 0) is 48.8 Å². The van der Waals surface area contributed by atoms with Gasteiger partial charge < -0.3 is 15.3 Å². The Bertz CT molecular complexity index is 844. The van der Waals surface area contributed by atoms with E-state index in [0.29, 0.717) is 19.4 Å². The molecular weight excluding hydrogens is 352 g/mol. The first-order valence-electron chi connectivity index (χ1n) is 10.1. The van der Waals surface area contributed by atoms with Gasteiger partial charge in [-0.15, -0.1) is 0 Å². The van der Waals surface area contributed by atoms with Crippen LogP contribution in [0.5, 0.6) is 0 Å². The number of hydrogen-bond donors (Lipinski definition) is 2. The van der Waals surface area contributed by atoms with Crippen LogP contribution in [0.15, 0.2) is 54.6 Å². The van der Waals surface area contributed by atoms with Gasteiger partial charge in [0.2, 0.25) is 0 Å². The number of rotatable bonds is 3. The molecule has 2 aliphatic rings. The molecule has 2 aromatic carbocycles. The lowest BCUT2D eigenvalue weighted by Gasteiger charge is -2.39. The Kier molecular flexibility index (Phi) is 5.33. The Hall–Kier alpha value is -2.82. The van der Waals surface area contributed by atoms with E-state index in [1.165, 1.54) is 11.1 Å². The quantitative estimate of drug-likeness (QED) is 0.849. The van der Waals surface area contributed by atoms with Crippen molar-refractivity contribution >= 4 is 12.0 Å². The molecular formula is C23H26N2O3. The number of hydrogen-bond acceptors (Lipinski definition) is 2. The Labute approximate surface area is 165 Å². The highest BCUT2D eigenvalue weighted by molar-refractivity contribution is 5.76. The zero-order valence-corrected chi connectivity index (χ0v) is 15.9. The Morgan fingerprint density at radius 3 is 2.32 bits per heavy atom. The maximum Gasteiger partial charge on any atom is 0.318 e. The summed E-state index contributed by atoms with van der Waals surface area (Å²) in [7, 11) is 0. The van der Waals surface area contributed by atoms with Crippen LogP contribution in [0.3, 0.4) is 0 Å². The van der Waals surface area contributed by atoms with Crippen LogP contribution in [0.2, 0.25) is 0 Å². The maximum absolute atomic E-state index is 13.2. The molecule has 0 unspecified atom stereocenters. The topological polar surface area (TPSA) is 69.6 Å². The highest BCUT2D eigenvalue weighted by atomic mass is 16.4. The molecule has 0 aromatic heterocycles. The van der Waals surface area contributed by atoms with Crippen molar-refractivity contribution in [2.45, 2.75) is 44.2 Å². The van der Waals surface area contributed by atoms with Gasteiger partial charge in [0.25, 0.3) is 0 Å². The van der Waals surface area contributed by atoms with Crippen molar-refractivity contribution in [3.63, 3.8) is 0 Å². The molecule has 1 saturated carbocycles. The van der Waals surface area contributed by atoms with Crippen LogP contribution in [0, 0.1) is 5.92 Å². The monoisotopic (exact) mass is 378 g/mol. The molecule has 0 spiro atoms. The van der Waals surface area contributed by atoms with Crippen molar-refractivity contribution in [3.05, 3.63) is 71.3 Å². The van der Waals surface area contributed by atoms with Crippen LogP contribution in [0.25, 0.3) is 0 Å². The fourth-order valence-corrected chi connectivity index (χ4v) is 4.52. The number of benzene rings is 2. The second kappa shape index (κ2) is 8.05. The number of nitrogens with zero attached hydrogens (tertiary/aromatic N) is 1. The van der Waals surface area contributed by atoms with E-state index in [0.717, 1.165) is 24.8 Å². The third kappa shape index (κ3) is 3.75. The minimum atomic E-state index is -0.721. The van der Waals surface area contributed by atoms with Crippen LogP contribution in [-0.2, 0) is 11.2 Å². The first-order valence-corrected chi connectivity index (χ1v) is 10.1. The van der Waals surface area contributed by atoms with Crippen molar-refractivity contribution in [3.8, 4) is 0 Å². The highest BCUT2D eigenvalue weighted by Gasteiger charge is 2.34. The van der Waals surface area contributed by atoms with Gasteiger partial charge >= 0.3 is 12.0 Å². The smallest absolute Gasteiger partial charge is 0.318 e. The van der Waals surface area contributed by atoms with E-state index >= 15 is 0 Å². The minimum Gasteiger partial charge on any atom is -0.481 e. The zero-order chi connectivity index (χ0) is 19.5. The van der Waals surface area contributed by atoms with Crippen molar-refractivity contribution in [2.75, 3.05) is 6.54 Å². The Morgan fingerprint density at radius 2 is 1.61 bits per heavy atom.